The van der Waals surface area contributed by atoms with E-state index in [1.807, 2.05) is 61.7 Å². The first kappa shape index (κ1) is 19.9. The molecule has 2 aromatic carbocycles. The predicted molar refractivity (Wildman–Crippen MR) is 115 cm³/mol. The summed E-state index contributed by atoms with van der Waals surface area (Å²) in [6.07, 6.45) is 1.99. The number of nitrogens with zero attached hydrogens (tertiary/aromatic N) is 3. The minimum atomic E-state index is -0.552. The Balaban J connectivity index is 2.10. The van der Waals surface area contributed by atoms with Crippen LogP contribution in [0.15, 0.2) is 63.0 Å². The van der Waals surface area contributed by atoms with Crippen LogP contribution in [0.3, 0.4) is 0 Å². The number of aryl methyl sites for hydroxylation is 1. The number of benzene rings is 2. The Kier molecular flexibility index (Phi) is 6.04. The summed E-state index contributed by atoms with van der Waals surface area (Å²) in [5.41, 5.74) is 1.96. The number of hydrogen-bond donors (Lipinski definition) is 1. The Morgan fingerprint density at radius 2 is 1.82 bits per heavy atom. The van der Waals surface area contributed by atoms with Crippen LogP contribution in [0.5, 0.6) is 0 Å². The van der Waals surface area contributed by atoms with Crippen molar-refractivity contribution < 1.29 is 0 Å². The van der Waals surface area contributed by atoms with Gasteiger partial charge in [0.15, 0.2) is 0 Å². The average Bonchev–Trinajstić information content (AvgIpc) is 2.66. The number of anilines is 2. The summed E-state index contributed by atoms with van der Waals surface area (Å²) in [6, 6.07) is 15.5. The Bertz CT molecular complexity index is 1080. The molecule has 3 rings (SSSR count). The molecule has 6 nitrogen and oxygen atoms in total. The third-order valence-electron chi connectivity index (χ3n) is 4.40. The molecule has 146 valence electrons. The largest absolute Gasteiger partial charge is 0.355 e. The van der Waals surface area contributed by atoms with Crippen molar-refractivity contribution in [2.75, 3.05) is 11.6 Å². The van der Waals surface area contributed by atoms with E-state index < -0.39 is 5.69 Å². The molecule has 0 unspecified atom stereocenters. The maximum absolute atomic E-state index is 13.1. The van der Waals surface area contributed by atoms with E-state index in [-0.39, 0.29) is 17.7 Å². The van der Waals surface area contributed by atoms with Crippen LogP contribution in [0.1, 0.15) is 31.0 Å². The highest BCUT2D eigenvalue weighted by Crippen LogP contribution is 2.21. The van der Waals surface area contributed by atoms with Crippen molar-refractivity contribution in [3.8, 4) is 0 Å². The van der Waals surface area contributed by atoms with Crippen LogP contribution in [-0.2, 0) is 6.54 Å². The van der Waals surface area contributed by atoms with E-state index in [2.05, 4.69) is 10.3 Å². The molecule has 0 saturated carbocycles. The molecule has 0 aliphatic rings. The minimum absolute atomic E-state index is 0.241. The molecule has 3 aromatic rings. The Hall–Kier alpha value is -2.80. The highest BCUT2D eigenvalue weighted by Gasteiger charge is 2.16. The molecule has 0 radical (unpaired) electrons. The van der Waals surface area contributed by atoms with E-state index in [4.69, 9.17) is 0 Å². The van der Waals surface area contributed by atoms with E-state index >= 15 is 0 Å². The quantitative estimate of drug-likeness (QED) is 0.642. The van der Waals surface area contributed by atoms with Crippen LogP contribution in [0.2, 0.25) is 0 Å². The van der Waals surface area contributed by atoms with Crippen LogP contribution >= 0.6 is 11.8 Å². The SMILES string of the molecule is CSc1cccc(Nc2nc(=O)n(C(C)C)c(=O)n2Cc2ccc(C)cc2)c1. The first-order valence-corrected chi connectivity index (χ1v) is 10.3. The second-order valence-corrected chi connectivity index (χ2v) is 7.77. The van der Waals surface area contributed by atoms with Gasteiger partial charge in [-0.05, 0) is 50.8 Å². The predicted octanol–water partition coefficient (Wildman–Crippen LogP) is 3.81. The second-order valence-electron chi connectivity index (χ2n) is 6.89. The van der Waals surface area contributed by atoms with Crippen LogP contribution in [0, 0.1) is 6.92 Å². The third kappa shape index (κ3) is 4.36. The lowest BCUT2D eigenvalue weighted by Gasteiger charge is -2.17. The lowest BCUT2D eigenvalue weighted by molar-refractivity contribution is 0.497. The zero-order valence-electron chi connectivity index (χ0n) is 16.5. The fourth-order valence-electron chi connectivity index (χ4n) is 2.89. The molecule has 0 spiro atoms. The summed E-state index contributed by atoms with van der Waals surface area (Å²) in [4.78, 5) is 30.8. The van der Waals surface area contributed by atoms with E-state index in [1.54, 1.807) is 25.6 Å². The molecule has 0 bridgehead atoms. The summed E-state index contributed by atoms with van der Waals surface area (Å²) in [7, 11) is 0. The average molecular weight is 397 g/mol. The van der Waals surface area contributed by atoms with Gasteiger partial charge in [0, 0.05) is 16.6 Å². The van der Waals surface area contributed by atoms with Crippen LogP contribution in [-0.4, -0.2) is 20.4 Å². The molecule has 7 heteroatoms. The Labute approximate surface area is 168 Å². The van der Waals surface area contributed by atoms with Crippen molar-refractivity contribution in [2.24, 2.45) is 0 Å². The molecule has 1 aromatic heterocycles. The van der Waals surface area contributed by atoms with Gasteiger partial charge in [-0.2, -0.15) is 4.98 Å². The Morgan fingerprint density at radius 1 is 1.11 bits per heavy atom. The molecule has 28 heavy (non-hydrogen) atoms. The van der Waals surface area contributed by atoms with Gasteiger partial charge >= 0.3 is 11.4 Å². The first-order valence-electron chi connectivity index (χ1n) is 9.09. The van der Waals surface area contributed by atoms with Gasteiger partial charge in [0.2, 0.25) is 5.95 Å². The zero-order valence-corrected chi connectivity index (χ0v) is 17.3. The second kappa shape index (κ2) is 8.48. The fraction of sp³-hybridized carbons (Fsp3) is 0.286. The standard InChI is InChI=1S/C21H24N4O2S/c1-14(2)25-20(26)23-19(22-17-6-5-7-18(12-17)28-4)24(21(25)27)13-16-10-8-15(3)9-11-16/h5-12,14H,13H2,1-4H3,(H,22,23,26). The topological polar surface area (TPSA) is 68.9 Å². The fourth-order valence-corrected chi connectivity index (χ4v) is 3.35. The summed E-state index contributed by atoms with van der Waals surface area (Å²) < 4.78 is 2.69. The molecule has 0 saturated heterocycles. The molecule has 1 N–H and O–H groups in total. The van der Waals surface area contributed by atoms with E-state index in [1.165, 1.54) is 9.13 Å². The van der Waals surface area contributed by atoms with Gasteiger partial charge < -0.3 is 5.32 Å². The van der Waals surface area contributed by atoms with Crippen LogP contribution in [0.4, 0.5) is 11.6 Å². The highest BCUT2D eigenvalue weighted by molar-refractivity contribution is 7.98. The monoisotopic (exact) mass is 396 g/mol. The molecule has 0 aliphatic carbocycles. The van der Waals surface area contributed by atoms with E-state index in [0.717, 1.165) is 21.7 Å². The molecule has 0 fully saturated rings. The minimum Gasteiger partial charge on any atom is -0.325 e. The number of aromatic nitrogens is 3. The highest BCUT2D eigenvalue weighted by atomic mass is 32.2. The normalized spacial score (nSPS) is 11.0. The number of hydrogen-bond acceptors (Lipinski definition) is 5. The molecule has 1 heterocycles. The molecule has 0 amide bonds. The first-order chi connectivity index (χ1) is 13.4. The molecule has 0 aliphatic heterocycles. The zero-order chi connectivity index (χ0) is 20.3. The van der Waals surface area contributed by atoms with Crippen molar-refractivity contribution in [1.29, 1.82) is 0 Å². The van der Waals surface area contributed by atoms with Crippen molar-refractivity contribution in [1.82, 2.24) is 14.1 Å². The van der Waals surface area contributed by atoms with Gasteiger partial charge in [-0.25, -0.2) is 14.2 Å². The lowest BCUT2D eigenvalue weighted by Crippen LogP contribution is -2.43. The van der Waals surface area contributed by atoms with E-state index in [9.17, 15) is 9.59 Å². The van der Waals surface area contributed by atoms with Gasteiger partial charge in [0.25, 0.3) is 0 Å². The van der Waals surface area contributed by atoms with Crippen molar-refractivity contribution in [3.63, 3.8) is 0 Å². The summed E-state index contributed by atoms with van der Waals surface area (Å²) >= 11 is 1.62. The Morgan fingerprint density at radius 3 is 2.46 bits per heavy atom. The molecule has 0 atom stereocenters. The van der Waals surface area contributed by atoms with Gasteiger partial charge in [-0.1, -0.05) is 35.9 Å². The third-order valence-corrected chi connectivity index (χ3v) is 5.13. The maximum Gasteiger partial charge on any atom is 0.355 e. The van der Waals surface area contributed by atoms with E-state index in [0.29, 0.717) is 6.54 Å². The summed E-state index contributed by atoms with van der Waals surface area (Å²) in [5, 5.41) is 3.15. The van der Waals surface area contributed by atoms with Crippen molar-refractivity contribution >= 4 is 23.4 Å². The molecular formula is C21H24N4O2S. The number of rotatable bonds is 6. The summed E-state index contributed by atoms with van der Waals surface area (Å²) in [6.45, 7) is 5.94. The number of thioether (sulfide) groups is 1. The smallest absolute Gasteiger partial charge is 0.325 e. The van der Waals surface area contributed by atoms with Crippen molar-refractivity contribution in [2.45, 2.75) is 38.3 Å². The van der Waals surface area contributed by atoms with Gasteiger partial charge in [-0.15, -0.1) is 11.8 Å². The van der Waals surface area contributed by atoms with Gasteiger partial charge in [0.05, 0.1) is 6.54 Å². The number of nitrogens with one attached hydrogen (secondary N) is 1. The summed E-state index contributed by atoms with van der Waals surface area (Å²) in [5.74, 6) is 0.241. The van der Waals surface area contributed by atoms with Gasteiger partial charge in [0.1, 0.15) is 0 Å². The van der Waals surface area contributed by atoms with Crippen molar-refractivity contribution in [3.05, 3.63) is 80.6 Å². The van der Waals surface area contributed by atoms with Crippen LogP contribution in [0.25, 0.3) is 0 Å². The molecular weight excluding hydrogens is 372 g/mol. The van der Waals surface area contributed by atoms with Crippen LogP contribution < -0.4 is 16.7 Å². The van der Waals surface area contributed by atoms with Gasteiger partial charge in [-0.3, -0.25) is 4.57 Å². The lowest BCUT2D eigenvalue weighted by atomic mass is 10.1. The maximum atomic E-state index is 13.1.